The number of nitrogens with one attached hydrogen (secondary N) is 1. The number of rotatable bonds is 1. The molecule has 0 unspecified atom stereocenters. The highest BCUT2D eigenvalue weighted by atomic mass is 16.6. The molecular formula is C20H22N4O2. The molecule has 1 amide bonds. The third-order valence-corrected chi connectivity index (χ3v) is 4.49. The summed E-state index contributed by atoms with van der Waals surface area (Å²) in [7, 11) is 0. The van der Waals surface area contributed by atoms with Crippen molar-refractivity contribution >= 4 is 16.9 Å². The molecule has 6 nitrogen and oxygen atoms in total. The number of benzene rings is 1. The number of nitrogens with zero attached hydrogens (tertiary/aromatic N) is 3. The third kappa shape index (κ3) is 3.03. The van der Waals surface area contributed by atoms with E-state index in [1.54, 1.807) is 11.2 Å². The van der Waals surface area contributed by atoms with Gasteiger partial charge in [-0.25, -0.2) is 9.78 Å². The van der Waals surface area contributed by atoms with Crippen molar-refractivity contribution in [1.82, 2.24) is 19.9 Å². The summed E-state index contributed by atoms with van der Waals surface area (Å²) in [6.45, 7) is 6.17. The number of carbonyl (C=O) groups excluding carboxylic acids is 1. The van der Waals surface area contributed by atoms with Gasteiger partial charge in [-0.15, -0.1) is 0 Å². The van der Waals surface area contributed by atoms with E-state index in [-0.39, 0.29) is 12.1 Å². The Morgan fingerprint density at radius 1 is 1.23 bits per heavy atom. The molecule has 0 aliphatic carbocycles. The van der Waals surface area contributed by atoms with Crippen LogP contribution >= 0.6 is 0 Å². The van der Waals surface area contributed by atoms with Crippen LogP contribution in [0.2, 0.25) is 0 Å². The summed E-state index contributed by atoms with van der Waals surface area (Å²) in [6.07, 6.45) is 3.89. The molecule has 1 atom stereocenters. The van der Waals surface area contributed by atoms with Crippen LogP contribution in [0.1, 0.15) is 43.9 Å². The molecule has 2 aromatic heterocycles. The van der Waals surface area contributed by atoms with E-state index in [1.807, 2.05) is 51.2 Å². The Morgan fingerprint density at radius 2 is 2.00 bits per heavy atom. The Labute approximate surface area is 152 Å². The Balaban J connectivity index is 1.78. The monoisotopic (exact) mass is 350 g/mol. The lowest BCUT2D eigenvalue weighted by molar-refractivity contribution is 0.0170. The zero-order chi connectivity index (χ0) is 18.3. The van der Waals surface area contributed by atoms with Gasteiger partial charge in [-0.05, 0) is 32.2 Å². The van der Waals surface area contributed by atoms with E-state index < -0.39 is 5.60 Å². The average molecular weight is 350 g/mol. The first kappa shape index (κ1) is 16.6. The van der Waals surface area contributed by atoms with Crippen LogP contribution in [0.4, 0.5) is 4.79 Å². The summed E-state index contributed by atoms with van der Waals surface area (Å²) in [5, 5.41) is 2.16. The molecule has 0 bridgehead atoms. The second-order valence-corrected chi connectivity index (χ2v) is 7.55. The largest absolute Gasteiger partial charge is 0.444 e. The number of aromatic amines is 1. The number of aromatic nitrogens is 3. The van der Waals surface area contributed by atoms with Crippen LogP contribution in [-0.2, 0) is 11.2 Å². The Bertz CT molecular complexity index is 958. The SMILES string of the molecule is CC(C)(C)OC(=O)N1CCc2nc[nH]c2[C@@H]1c1cc2ccccc2cn1. The van der Waals surface area contributed by atoms with Crippen LogP contribution < -0.4 is 0 Å². The molecule has 1 N–H and O–H groups in total. The molecule has 0 saturated heterocycles. The first-order valence-electron chi connectivity index (χ1n) is 8.79. The molecule has 1 aliphatic rings. The van der Waals surface area contributed by atoms with E-state index in [4.69, 9.17) is 4.74 Å². The topological polar surface area (TPSA) is 71.1 Å². The third-order valence-electron chi connectivity index (χ3n) is 4.49. The lowest BCUT2D eigenvalue weighted by atomic mass is 9.98. The summed E-state index contributed by atoms with van der Waals surface area (Å²) in [6, 6.07) is 9.77. The highest BCUT2D eigenvalue weighted by Crippen LogP contribution is 2.34. The van der Waals surface area contributed by atoms with Gasteiger partial charge in [0.05, 0.1) is 23.4 Å². The molecule has 3 aromatic rings. The quantitative estimate of drug-likeness (QED) is 0.724. The van der Waals surface area contributed by atoms with Gasteiger partial charge in [-0.1, -0.05) is 24.3 Å². The molecule has 3 heterocycles. The number of hydrogen-bond acceptors (Lipinski definition) is 4. The van der Waals surface area contributed by atoms with Gasteiger partial charge >= 0.3 is 6.09 Å². The molecule has 0 fully saturated rings. The first-order chi connectivity index (χ1) is 12.4. The van der Waals surface area contributed by atoms with Gasteiger partial charge in [-0.2, -0.15) is 0 Å². The fraction of sp³-hybridized carbons (Fsp3) is 0.350. The Kier molecular flexibility index (Phi) is 3.90. The van der Waals surface area contributed by atoms with Gasteiger partial charge in [0.25, 0.3) is 0 Å². The van der Waals surface area contributed by atoms with E-state index in [2.05, 4.69) is 21.0 Å². The second kappa shape index (κ2) is 6.12. The van der Waals surface area contributed by atoms with E-state index in [0.29, 0.717) is 13.0 Å². The summed E-state index contributed by atoms with van der Waals surface area (Å²) in [5.41, 5.74) is 2.14. The van der Waals surface area contributed by atoms with Crippen molar-refractivity contribution in [2.75, 3.05) is 6.54 Å². The molecule has 1 aromatic carbocycles. The number of ether oxygens (including phenoxy) is 1. The van der Waals surface area contributed by atoms with Crippen LogP contribution in [0.25, 0.3) is 10.8 Å². The predicted octanol–water partition coefficient (Wildman–Crippen LogP) is 3.84. The number of carbonyl (C=O) groups is 1. The molecule has 0 radical (unpaired) electrons. The van der Waals surface area contributed by atoms with Crippen LogP contribution in [0.15, 0.2) is 42.9 Å². The highest BCUT2D eigenvalue weighted by molar-refractivity contribution is 5.82. The van der Waals surface area contributed by atoms with Gasteiger partial charge in [0.2, 0.25) is 0 Å². The van der Waals surface area contributed by atoms with Crippen molar-refractivity contribution in [3.63, 3.8) is 0 Å². The highest BCUT2D eigenvalue weighted by Gasteiger charge is 2.37. The molecule has 1 aliphatic heterocycles. The lowest BCUT2D eigenvalue weighted by Crippen LogP contribution is -2.43. The summed E-state index contributed by atoms with van der Waals surface area (Å²) in [4.78, 5) is 26.8. The minimum Gasteiger partial charge on any atom is -0.444 e. The molecule has 26 heavy (non-hydrogen) atoms. The van der Waals surface area contributed by atoms with Gasteiger partial charge in [0.15, 0.2) is 0 Å². The van der Waals surface area contributed by atoms with Crippen molar-refractivity contribution in [3.05, 3.63) is 59.9 Å². The van der Waals surface area contributed by atoms with E-state index >= 15 is 0 Å². The second-order valence-electron chi connectivity index (χ2n) is 7.55. The molecule has 0 spiro atoms. The number of pyridine rings is 1. The van der Waals surface area contributed by atoms with Crippen LogP contribution in [0, 0.1) is 0 Å². The van der Waals surface area contributed by atoms with Crippen LogP contribution in [0.5, 0.6) is 0 Å². The van der Waals surface area contributed by atoms with Crippen molar-refractivity contribution in [3.8, 4) is 0 Å². The van der Waals surface area contributed by atoms with Crippen molar-refractivity contribution in [1.29, 1.82) is 0 Å². The van der Waals surface area contributed by atoms with Crippen molar-refractivity contribution in [2.45, 2.75) is 38.8 Å². The molecular weight excluding hydrogens is 328 g/mol. The Hall–Kier alpha value is -2.89. The van der Waals surface area contributed by atoms with Gasteiger partial charge < -0.3 is 9.72 Å². The fourth-order valence-electron chi connectivity index (χ4n) is 3.35. The average Bonchev–Trinajstić information content (AvgIpc) is 3.07. The minimum atomic E-state index is -0.549. The number of H-pyrrole nitrogens is 1. The van der Waals surface area contributed by atoms with Crippen molar-refractivity contribution in [2.24, 2.45) is 0 Å². The predicted molar refractivity (Wildman–Crippen MR) is 98.8 cm³/mol. The maximum atomic E-state index is 12.8. The molecule has 134 valence electrons. The van der Waals surface area contributed by atoms with Crippen LogP contribution in [0.3, 0.4) is 0 Å². The van der Waals surface area contributed by atoms with E-state index in [1.165, 1.54) is 0 Å². The normalized spacial score (nSPS) is 17.2. The van der Waals surface area contributed by atoms with E-state index in [0.717, 1.165) is 27.9 Å². The van der Waals surface area contributed by atoms with Crippen molar-refractivity contribution < 1.29 is 9.53 Å². The number of hydrogen-bond donors (Lipinski definition) is 1. The number of fused-ring (bicyclic) bond motifs is 2. The first-order valence-corrected chi connectivity index (χ1v) is 8.79. The standard InChI is InChI=1S/C20H22N4O2/c1-20(2,3)26-19(25)24-9-8-15-17(23-12-22-15)18(24)16-10-13-6-4-5-7-14(13)11-21-16/h4-7,10-12,18H,8-9H2,1-3H3,(H,22,23)/t18-/m0/s1. The zero-order valence-electron chi connectivity index (χ0n) is 15.2. The summed E-state index contributed by atoms with van der Waals surface area (Å²) >= 11 is 0. The zero-order valence-corrected chi connectivity index (χ0v) is 15.2. The van der Waals surface area contributed by atoms with Crippen LogP contribution in [-0.4, -0.2) is 38.1 Å². The summed E-state index contributed by atoms with van der Waals surface area (Å²) in [5.74, 6) is 0. The molecule has 0 saturated carbocycles. The summed E-state index contributed by atoms with van der Waals surface area (Å²) < 4.78 is 5.63. The Morgan fingerprint density at radius 3 is 2.77 bits per heavy atom. The minimum absolute atomic E-state index is 0.333. The lowest BCUT2D eigenvalue weighted by Gasteiger charge is -2.36. The van der Waals surface area contributed by atoms with Gasteiger partial charge in [0.1, 0.15) is 11.6 Å². The van der Waals surface area contributed by atoms with E-state index in [9.17, 15) is 4.79 Å². The maximum absolute atomic E-state index is 12.8. The van der Waals surface area contributed by atoms with Gasteiger partial charge in [0, 0.05) is 24.5 Å². The number of imidazole rings is 1. The molecule has 4 rings (SSSR count). The molecule has 6 heteroatoms. The number of amides is 1. The fourth-order valence-corrected chi connectivity index (χ4v) is 3.35. The smallest absolute Gasteiger partial charge is 0.411 e. The maximum Gasteiger partial charge on any atom is 0.411 e. The van der Waals surface area contributed by atoms with Gasteiger partial charge in [-0.3, -0.25) is 9.88 Å².